The van der Waals surface area contributed by atoms with E-state index in [0.29, 0.717) is 67.6 Å². The molecule has 0 aliphatic carbocycles. The summed E-state index contributed by atoms with van der Waals surface area (Å²) in [6.07, 6.45) is 0.942. The molecular formula is C28H36N2O5. The molecule has 0 saturated carbocycles. The van der Waals surface area contributed by atoms with E-state index in [1.165, 1.54) is 6.92 Å². The van der Waals surface area contributed by atoms with Crippen LogP contribution in [-0.4, -0.2) is 67.6 Å². The zero-order chi connectivity index (χ0) is 25.5. The minimum Gasteiger partial charge on any atom is -0.379 e. The van der Waals surface area contributed by atoms with Crippen molar-refractivity contribution in [3.63, 3.8) is 0 Å². The Morgan fingerprint density at radius 2 is 1.31 bits per heavy atom. The number of benzene rings is 1. The highest BCUT2D eigenvalue weighted by atomic mass is 16.5. The van der Waals surface area contributed by atoms with E-state index < -0.39 is 0 Å². The summed E-state index contributed by atoms with van der Waals surface area (Å²) in [6, 6.07) is 5.25. The maximum atomic E-state index is 11.8. The van der Waals surface area contributed by atoms with Gasteiger partial charge in [0.25, 0.3) is 0 Å². The predicted octanol–water partition coefficient (Wildman–Crippen LogP) is 4.20. The topological polar surface area (TPSA) is 79.8 Å². The van der Waals surface area contributed by atoms with Crippen molar-refractivity contribution in [3.05, 3.63) is 35.2 Å². The van der Waals surface area contributed by atoms with Gasteiger partial charge >= 0.3 is 0 Å². The quantitative estimate of drug-likeness (QED) is 0.241. The smallest absolute Gasteiger partial charge is 0.159 e. The first kappa shape index (κ1) is 28.4. The van der Waals surface area contributed by atoms with Crippen LogP contribution in [0.5, 0.6) is 0 Å². The second kappa shape index (κ2) is 16.0. The molecule has 1 aromatic carbocycles. The fourth-order valence-electron chi connectivity index (χ4n) is 3.06. The summed E-state index contributed by atoms with van der Waals surface area (Å²) in [4.78, 5) is 21.2. The largest absolute Gasteiger partial charge is 0.379 e. The number of Topliss-reactive ketones (excluding diaryl/α,β-unsaturated/α-hetero) is 1. The number of fused-ring (bicyclic) bond motifs is 1. The summed E-state index contributed by atoms with van der Waals surface area (Å²) < 4.78 is 22.3. The Morgan fingerprint density at radius 1 is 0.800 bits per heavy atom. The monoisotopic (exact) mass is 480 g/mol. The average molecular weight is 481 g/mol. The second-order valence-corrected chi connectivity index (χ2v) is 7.65. The van der Waals surface area contributed by atoms with Crippen LogP contribution in [0.25, 0.3) is 11.0 Å². The third-order valence-electron chi connectivity index (χ3n) is 5.02. The molecule has 7 heteroatoms. The van der Waals surface area contributed by atoms with Gasteiger partial charge in [-0.15, -0.1) is 0 Å². The molecule has 0 fully saturated rings. The summed E-state index contributed by atoms with van der Waals surface area (Å²) in [5.74, 6) is 12.5. The van der Waals surface area contributed by atoms with Crippen molar-refractivity contribution in [2.45, 2.75) is 59.7 Å². The lowest BCUT2D eigenvalue weighted by Crippen LogP contribution is -2.14. The SMILES string of the molecule is CCOCCOC(C#Cc1nc2ccc(C(C)=O)cc2nc1C#CC(CC)OCCOCC)CC. The highest BCUT2D eigenvalue weighted by Gasteiger charge is 2.10. The fourth-order valence-corrected chi connectivity index (χ4v) is 3.06. The summed E-state index contributed by atoms with van der Waals surface area (Å²) in [7, 11) is 0. The normalized spacial score (nSPS) is 12.4. The van der Waals surface area contributed by atoms with Crippen LogP contribution in [0.3, 0.4) is 0 Å². The number of nitrogens with zero attached hydrogens (tertiary/aromatic N) is 2. The maximum absolute atomic E-state index is 11.8. The molecule has 0 amide bonds. The number of carbonyl (C=O) groups is 1. The van der Waals surface area contributed by atoms with E-state index in [2.05, 4.69) is 23.7 Å². The second-order valence-electron chi connectivity index (χ2n) is 7.65. The van der Waals surface area contributed by atoms with E-state index >= 15 is 0 Å². The van der Waals surface area contributed by atoms with E-state index in [4.69, 9.17) is 28.9 Å². The molecule has 0 aliphatic rings. The van der Waals surface area contributed by atoms with E-state index in [1.807, 2.05) is 27.7 Å². The van der Waals surface area contributed by atoms with E-state index in [-0.39, 0.29) is 18.0 Å². The first-order chi connectivity index (χ1) is 17.0. The zero-order valence-corrected chi connectivity index (χ0v) is 21.5. The van der Waals surface area contributed by atoms with Crippen molar-refractivity contribution in [2.24, 2.45) is 0 Å². The van der Waals surface area contributed by atoms with Gasteiger partial charge in [-0.25, -0.2) is 9.97 Å². The number of aromatic nitrogens is 2. The molecule has 0 N–H and O–H groups in total. The van der Waals surface area contributed by atoms with Crippen LogP contribution in [0.1, 0.15) is 69.2 Å². The van der Waals surface area contributed by atoms with Crippen molar-refractivity contribution in [1.29, 1.82) is 0 Å². The van der Waals surface area contributed by atoms with Gasteiger partial charge in [0.05, 0.1) is 37.5 Å². The van der Waals surface area contributed by atoms with Gasteiger partial charge in [-0.1, -0.05) is 25.7 Å². The molecule has 2 atom stereocenters. The van der Waals surface area contributed by atoms with Crippen LogP contribution in [0, 0.1) is 23.7 Å². The van der Waals surface area contributed by atoms with Gasteiger partial charge in [0, 0.05) is 18.8 Å². The molecule has 1 aromatic heterocycles. The van der Waals surface area contributed by atoms with Crippen LogP contribution in [0.4, 0.5) is 0 Å². The van der Waals surface area contributed by atoms with Gasteiger partial charge in [-0.2, -0.15) is 0 Å². The minimum absolute atomic E-state index is 0.0334. The number of ketones is 1. The summed E-state index contributed by atoms with van der Waals surface area (Å²) >= 11 is 0. The molecule has 0 bridgehead atoms. The van der Waals surface area contributed by atoms with Crippen molar-refractivity contribution in [3.8, 4) is 23.7 Å². The van der Waals surface area contributed by atoms with Gasteiger partial charge in [0.2, 0.25) is 0 Å². The lowest BCUT2D eigenvalue weighted by Gasteiger charge is -2.10. The highest BCUT2D eigenvalue weighted by Crippen LogP contribution is 2.15. The molecule has 7 nitrogen and oxygen atoms in total. The van der Waals surface area contributed by atoms with Crippen LogP contribution in [0.2, 0.25) is 0 Å². The van der Waals surface area contributed by atoms with E-state index in [1.54, 1.807) is 18.2 Å². The standard InChI is InChI=1S/C28H36N2O5/c1-6-23(34-18-16-32-8-3)11-14-25-26(15-12-24(7-2)35-19-17-33-9-4)30-28-20-22(21(5)31)10-13-27(28)29-25/h10,13,20,23-24H,6-9,16-19H2,1-5H3. The molecule has 2 unspecified atom stereocenters. The third-order valence-corrected chi connectivity index (χ3v) is 5.02. The van der Waals surface area contributed by atoms with Crippen LogP contribution in [0.15, 0.2) is 18.2 Å². The zero-order valence-electron chi connectivity index (χ0n) is 21.5. The highest BCUT2D eigenvalue weighted by molar-refractivity contribution is 5.97. The molecule has 0 spiro atoms. The van der Waals surface area contributed by atoms with Crippen molar-refractivity contribution in [2.75, 3.05) is 39.6 Å². The first-order valence-corrected chi connectivity index (χ1v) is 12.3. The Hall–Kier alpha value is -2.81. The van der Waals surface area contributed by atoms with Gasteiger partial charge in [0.15, 0.2) is 5.78 Å². The lowest BCUT2D eigenvalue weighted by molar-refractivity contribution is 0.0292. The van der Waals surface area contributed by atoms with Crippen molar-refractivity contribution in [1.82, 2.24) is 9.97 Å². The number of carbonyl (C=O) groups excluding carboxylic acids is 1. The molecular weight excluding hydrogens is 444 g/mol. The predicted molar refractivity (Wildman–Crippen MR) is 136 cm³/mol. The lowest BCUT2D eigenvalue weighted by atomic mass is 10.1. The van der Waals surface area contributed by atoms with E-state index in [9.17, 15) is 4.79 Å². The fraction of sp³-hybridized carbons (Fsp3) is 0.536. The Bertz CT molecular complexity index is 1080. The summed E-state index contributed by atoms with van der Waals surface area (Å²) in [5, 5.41) is 0. The Morgan fingerprint density at radius 3 is 1.77 bits per heavy atom. The molecule has 0 aliphatic heterocycles. The van der Waals surface area contributed by atoms with Gasteiger partial charge in [-0.3, -0.25) is 4.79 Å². The van der Waals surface area contributed by atoms with Crippen LogP contribution in [-0.2, 0) is 18.9 Å². The Balaban J connectivity index is 2.37. The summed E-state index contributed by atoms with van der Waals surface area (Å²) in [6.45, 7) is 12.7. The molecule has 35 heavy (non-hydrogen) atoms. The van der Waals surface area contributed by atoms with Crippen molar-refractivity contribution < 1.29 is 23.7 Å². The van der Waals surface area contributed by atoms with Gasteiger partial charge in [0.1, 0.15) is 23.6 Å². The Kier molecular flexibility index (Phi) is 13.0. The van der Waals surface area contributed by atoms with Gasteiger partial charge < -0.3 is 18.9 Å². The average Bonchev–Trinajstić information content (AvgIpc) is 2.87. The maximum Gasteiger partial charge on any atom is 0.159 e. The molecule has 188 valence electrons. The third kappa shape index (κ3) is 9.76. The summed E-state index contributed by atoms with van der Waals surface area (Å²) in [5.41, 5.74) is 2.73. The number of ether oxygens (including phenoxy) is 4. The van der Waals surface area contributed by atoms with E-state index in [0.717, 1.165) is 12.8 Å². The number of rotatable bonds is 13. The minimum atomic E-state index is -0.261. The molecule has 2 rings (SSSR count). The molecule has 2 aromatic rings. The Labute approximate surface area is 208 Å². The molecule has 1 heterocycles. The molecule has 0 saturated heterocycles. The number of hydrogen-bond acceptors (Lipinski definition) is 7. The van der Waals surface area contributed by atoms with Crippen molar-refractivity contribution >= 4 is 16.8 Å². The van der Waals surface area contributed by atoms with Gasteiger partial charge in [-0.05, 0) is 63.7 Å². The van der Waals surface area contributed by atoms with Crippen LogP contribution >= 0.6 is 0 Å². The number of hydrogen-bond donors (Lipinski definition) is 0. The first-order valence-electron chi connectivity index (χ1n) is 12.3. The molecule has 0 radical (unpaired) electrons. The van der Waals surface area contributed by atoms with Crippen LogP contribution < -0.4 is 0 Å².